The standard InChI is InChI=1S/C17H25N3O3/c1-4-6-10-14-13-17(19-22-3,16(21)23-5-2)20(18-14)15-11-8-7-9-12-15/h7-9,11-12,19H,4-6,10,13H2,1-3H3. The van der Waals surface area contributed by atoms with E-state index in [1.807, 2.05) is 30.3 Å². The molecule has 1 aromatic rings. The van der Waals surface area contributed by atoms with Crippen LogP contribution >= 0.6 is 0 Å². The summed E-state index contributed by atoms with van der Waals surface area (Å²) in [6.07, 6.45) is 3.41. The van der Waals surface area contributed by atoms with Crippen molar-refractivity contribution in [3.8, 4) is 0 Å². The third kappa shape index (κ3) is 3.71. The van der Waals surface area contributed by atoms with E-state index < -0.39 is 5.66 Å². The summed E-state index contributed by atoms with van der Waals surface area (Å²) in [6, 6.07) is 9.58. The van der Waals surface area contributed by atoms with Gasteiger partial charge >= 0.3 is 5.97 Å². The van der Waals surface area contributed by atoms with Crippen LogP contribution in [0.3, 0.4) is 0 Å². The molecule has 0 aliphatic carbocycles. The van der Waals surface area contributed by atoms with Crippen molar-refractivity contribution >= 4 is 17.4 Å². The highest BCUT2D eigenvalue weighted by atomic mass is 16.6. The number of rotatable bonds is 8. The van der Waals surface area contributed by atoms with Gasteiger partial charge in [-0.05, 0) is 31.9 Å². The van der Waals surface area contributed by atoms with Crippen molar-refractivity contribution < 1.29 is 14.4 Å². The molecule has 0 saturated heterocycles. The molecule has 0 amide bonds. The average molecular weight is 319 g/mol. The van der Waals surface area contributed by atoms with Crippen molar-refractivity contribution in [1.82, 2.24) is 5.48 Å². The van der Waals surface area contributed by atoms with Crippen molar-refractivity contribution in [3.63, 3.8) is 0 Å². The Hall–Kier alpha value is -1.92. The van der Waals surface area contributed by atoms with E-state index in [-0.39, 0.29) is 5.97 Å². The SMILES string of the molecule is CCCCC1=NN(c2ccccc2)C(NOC)(C(=O)OCC)C1. The van der Waals surface area contributed by atoms with Gasteiger partial charge in [0, 0.05) is 12.1 Å². The van der Waals surface area contributed by atoms with Gasteiger partial charge in [0.25, 0.3) is 0 Å². The number of hydrazone groups is 1. The Morgan fingerprint density at radius 3 is 2.70 bits per heavy atom. The number of unbranched alkanes of at least 4 members (excludes halogenated alkanes) is 1. The second-order valence-electron chi connectivity index (χ2n) is 5.48. The van der Waals surface area contributed by atoms with Gasteiger partial charge in [-0.1, -0.05) is 31.5 Å². The Labute approximate surface area is 137 Å². The Morgan fingerprint density at radius 1 is 1.35 bits per heavy atom. The minimum absolute atomic E-state index is 0.304. The number of ether oxygens (including phenoxy) is 1. The Morgan fingerprint density at radius 2 is 2.09 bits per heavy atom. The van der Waals surface area contributed by atoms with Crippen molar-refractivity contribution in [3.05, 3.63) is 30.3 Å². The zero-order valence-electron chi connectivity index (χ0n) is 14.0. The fraction of sp³-hybridized carbons (Fsp3) is 0.529. The summed E-state index contributed by atoms with van der Waals surface area (Å²) in [4.78, 5) is 17.8. The molecule has 1 atom stereocenters. The van der Waals surface area contributed by atoms with E-state index >= 15 is 0 Å². The van der Waals surface area contributed by atoms with Gasteiger partial charge < -0.3 is 9.57 Å². The molecule has 6 heteroatoms. The molecule has 0 fully saturated rings. The van der Waals surface area contributed by atoms with Crippen LogP contribution in [-0.2, 0) is 14.4 Å². The quantitative estimate of drug-likeness (QED) is 0.590. The molecule has 6 nitrogen and oxygen atoms in total. The summed E-state index contributed by atoms with van der Waals surface area (Å²) in [6.45, 7) is 4.23. The number of nitrogens with zero attached hydrogens (tertiary/aromatic N) is 2. The number of hydroxylamine groups is 1. The van der Waals surface area contributed by atoms with Gasteiger partial charge in [0.1, 0.15) is 0 Å². The second-order valence-corrected chi connectivity index (χ2v) is 5.48. The molecule has 1 heterocycles. The first kappa shape index (κ1) is 17.4. The lowest BCUT2D eigenvalue weighted by Crippen LogP contribution is -2.61. The monoisotopic (exact) mass is 319 g/mol. The number of carbonyl (C=O) groups is 1. The normalized spacial score (nSPS) is 20.5. The molecular weight excluding hydrogens is 294 g/mol. The molecule has 0 spiro atoms. The van der Waals surface area contributed by atoms with Crippen LogP contribution in [0, 0.1) is 0 Å². The Kier molecular flexibility index (Phi) is 6.12. The minimum Gasteiger partial charge on any atom is -0.463 e. The molecular formula is C17H25N3O3. The molecule has 126 valence electrons. The van der Waals surface area contributed by atoms with Crippen LogP contribution in [0.5, 0.6) is 0 Å². The number of hydrogen-bond donors (Lipinski definition) is 1. The third-order valence-corrected chi connectivity index (χ3v) is 3.77. The summed E-state index contributed by atoms with van der Waals surface area (Å²) in [5, 5.41) is 6.36. The topological polar surface area (TPSA) is 63.2 Å². The van der Waals surface area contributed by atoms with Gasteiger partial charge in [-0.15, -0.1) is 0 Å². The first-order valence-corrected chi connectivity index (χ1v) is 8.07. The maximum Gasteiger partial charge on any atom is 0.351 e. The molecule has 0 aromatic heterocycles. The van der Waals surface area contributed by atoms with Crippen LogP contribution in [-0.4, -0.2) is 31.1 Å². The fourth-order valence-electron chi connectivity index (χ4n) is 2.70. The molecule has 23 heavy (non-hydrogen) atoms. The van der Waals surface area contributed by atoms with Gasteiger partial charge in [-0.3, -0.25) is 0 Å². The zero-order valence-corrected chi connectivity index (χ0v) is 14.0. The number of hydrogen-bond acceptors (Lipinski definition) is 6. The van der Waals surface area contributed by atoms with Crippen molar-refractivity contribution in [2.45, 2.75) is 45.2 Å². The highest BCUT2D eigenvalue weighted by molar-refractivity contribution is 5.98. The van der Waals surface area contributed by atoms with Gasteiger partial charge in [0.2, 0.25) is 5.66 Å². The molecule has 0 bridgehead atoms. The zero-order chi connectivity index (χ0) is 16.7. The number of carbonyl (C=O) groups excluding carboxylic acids is 1. The van der Waals surface area contributed by atoms with Crippen LogP contribution in [0.4, 0.5) is 5.69 Å². The molecule has 2 rings (SSSR count). The van der Waals surface area contributed by atoms with E-state index in [9.17, 15) is 4.79 Å². The maximum atomic E-state index is 12.7. The van der Waals surface area contributed by atoms with Crippen LogP contribution in [0.15, 0.2) is 35.4 Å². The Balaban J connectivity index is 2.39. The Bertz CT molecular complexity index is 547. The van der Waals surface area contributed by atoms with Crippen LogP contribution in [0.25, 0.3) is 0 Å². The van der Waals surface area contributed by atoms with Gasteiger partial charge in [-0.25, -0.2) is 9.80 Å². The van der Waals surface area contributed by atoms with Crippen LogP contribution < -0.4 is 10.5 Å². The predicted molar refractivity (Wildman–Crippen MR) is 90.0 cm³/mol. The number of anilines is 1. The number of benzene rings is 1. The highest BCUT2D eigenvalue weighted by Gasteiger charge is 2.51. The van der Waals surface area contributed by atoms with Crippen molar-refractivity contribution in [2.24, 2.45) is 5.10 Å². The number of nitrogens with one attached hydrogen (secondary N) is 1. The van der Waals surface area contributed by atoms with E-state index in [2.05, 4.69) is 17.5 Å². The van der Waals surface area contributed by atoms with Gasteiger partial charge in [0.05, 0.1) is 19.4 Å². The molecule has 1 aliphatic rings. The summed E-state index contributed by atoms with van der Waals surface area (Å²) in [5.74, 6) is -0.388. The maximum absolute atomic E-state index is 12.7. The molecule has 1 N–H and O–H groups in total. The lowest BCUT2D eigenvalue weighted by atomic mass is 10.0. The number of para-hydroxylation sites is 1. The predicted octanol–water partition coefficient (Wildman–Crippen LogP) is 2.85. The van der Waals surface area contributed by atoms with E-state index in [1.54, 1.807) is 11.9 Å². The van der Waals surface area contributed by atoms with Crippen LogP contribution in [0.1, 0.15) is 39.5 Å². The smallest absolute Gasteiger partial charge is 0.351 e. The molecule has 1 aromatic carbocycles. The van der Waals surface area contributed by atoms with Crippen molar-refractivity contribution in [2.75, 3.05) is 18.7 Å². The van der Waals surface area contributed by atoms with E-state index in [0.29, 0.717) is 13.0 Å². The summed E-state index contributed by atoms with van der Waals surface area (Å²) >= 11 is 0. The lowest BCUT2D eigenvalue weighted by molar-refractivity contribution is -0.157. The molecule has 0 radical (unpaired) electrons. The lowest BCUT2D eigenvalue weighted by Gasteiger charge is -2.34. The van der Waals surface area contributed by atoms with E-state index in [1.165, 1.54) is 7.11 Å². The number of esters is 1. The summed E-state index contributed by atoms with van der Waals surface area (Å²) in [5.41, 5.74) is 3.46. The largest absolute Gasteiger partial charge is 0.463 e. The summed E-state index contributed by atoms with van der Waals surface area (Å²) in [7, 11) is 1.49. The highest BCUT2D eigenvalue weighted by Crippen LogP contribution is 2.33. The second kappa shape index (κ2) is 8.08. The van der Waals surface area contributed by atoms with E-state index in [4.69, 9.17) is 9.57 Å². The molecule has 1 aliphatic heterocycles. The average Bonchev–Trinajstić information content (AvgIpc) is 2.94. The van der Waals surface area contributed by atoms with Crippen molar-refractivity contribution in [1.29, 1.82) is 0 Å². The minimum atomic E-state index is -1.16. The first-order valence-electron chi connectivity index (χ1n) is 8.07. The molecule has 0 saturated carbocycles. The van der Waals surface area contributed by atoms with Gasteiger partial charge in [-0.2, -0.15) is 10.6 Å². The fourth-order valence-corrected chi connectivity index (χ4v) is 2.70. The third-order valence-electron chi connectivity index (χ3n) is 3.77. The summed E-state index contributed by atoms with van der Waals surface area (Å²) < 4.78 is 5.29. The first-order chi connectivity index (χ1) is 11.2. The van der Waals surface area contributed by atoms with E-state index in [0.717, 1.165) is 30.7 Å². The van der Waals surface area contributed by atoms with Crippen LogP contribution in [0.2, 0.25) is 0 Å². The van der Waals surface area contributed by atoms with Gasteiger partial charge in [0.15, 0.2) is 0 Å². The molecule has 1 unspecified atom stereocenters.